The number of aliphatic imine (C=N–C) groups is 1. The van der Waals surface area contributed by atoms with Crippen molar-refractivity contribution in [1.29, 1.82) is 0 Å². The van der Waals surface area contributed by atoms with Crippen LogP contribution in [0.4, 0.5) is 5.82 Å². The minimum Gasteiger partial charge on any atom is -0.497 e. The van der Waals surface area contributed by atoms with E-state index in [2.05, 4.69) is 56.6 Å². The molecule has 1 saturated heterocycles. The van der Waals surface area contributed by atoms with Gasteiger partial charge in [0.15, 0.2) is 5.96 Å². The van der Waals surface area contributed by atoms with Crippen molar-refractivity contribution >= 4 is 47.4 Å². The van der Waals surface area contributed by atoms with Crippen molar-refractivity contribution in [2.75, 3.05) is 52.8 Å². The average molecular weight is 559 g/mol. The second-order valence-electron chi connectivity index (χ2n) is 7.59. The summed E-state index contributed by atoms with van der Waals surface area (Å²) in [6.07, 6.45) is 2.78. The number of halogens is 2. The van der Waals surface area contributed by atoms with Gasteiger partial charge in [-0.3, -0.25) is 4.99 Å². The minimum absolute atomic E-state index is 0. The van der Waals surface area contributed by atoms with Gasteiger partial charge in [0.25, 0.3) is 0 Å². The fourth-order valence-electron chi connectivity index (χ4n) is 3.71. The number of likely N-dealkylation sites (N-methyl/N-ethyl adjacent to an activating group) is 1. The van der Waals surface area contributed by atoms with Gasteiger partial charge in [-0.2, -0.15) is 0 Å². The number of nitrogens with zero attached hydrogens (tertiary/aromatic N) is 4. The van der Waals surface area contributed by atoms with Gasteiger partial charge in [-0.15, -0.1) is 24.0 Å². The highest BCUT2D eigenvalue weighted by Gasteiger charge is 2.26. The van der Waals surface area contributed by atoms with Crippen LogP contribution in [-0.2, 0) is 0 Å². The molecule has 1 fully saturated rings. The highest BCUT2D eigenvalue weighted by Crippen LogP contribution is 2.26. The van der Waals surface area contributed by atoms with Crippen molar-refractivity contribution in [3.63, 3.8) is 0 Å². The number of benzene rings is 1. The summed E-state index contributed by atoms with van der Waals surface area (Å²) in [5.74, 6) is 2.50. The Hall–Kier alpha value is -1.78. The maximum absolute atomic E-state index is 6.30. The summed E-state index contributed by atoms with van der Waals surface area (Å²) in [5, 5.41) is 7.70. The van der Waals surface area contributed by atoms with E-state index in [4.69, 9.17) is 16.3 Å². The third kappa shape index (κ3) is 6.85. The Labute approximate surface area is 207 Å². The van der Waals surface area contributed by atoms with Crippen molar-refractivity contribution in [2.24, 2.45) is 4.99 Å². The molecule has 0 bridgehead atoms. The molecule has 31 heavy (non-hydrogen) atoms. The Kier molecular flexibility index (Phi) is 10.1. The van der Waals surface area contributed by atoms with Gasteiger partial charge in [0, 0.05) is 38.9 Å². The van der Waals surface area contributed by atoms with Crippen LogP contribution < -0.4 is 20.3 Å². The number of aromatic nitrogens is 1. The summed E-state index contributed by atoms with van der Waals surface area (Å²) >= 11 is 6.30. The van der Waals surface area contributed by atoms with E-state index in [0.29, 0.717) is 5.02 Å². The monoisotopic (exact) mass is 558 g/mol. The number of guanidine groups is 1. The molecule has 2 aromatic rings. The summed E-state index contributed by atoms with van der Waals surface area (Å²) in [6, 6.07) is 12.4. The van der Waals surface area contributed by atoms with Crippen LogP contribution in [-0.4, -0.2) is 69.8 Å². The lowest BCUT2D eigenvalue weighted by Crippen LogP contribution is -2.46. The van der Waals surface area contributed by atoms with Crippen LogP contribution in [0.2, 0.25) is 5.02 Å². The first kappa shape index (κ1) is 25.5. The van der Waals surface area contributed by atoms with Crippen molar-refractivity contribution < 1.29 is 4.74 Å². The Morgan fingerprint density at radius 2 is 2.16 bits per heavy atom. The molecule has 2 atom stereocenters. The molecular formula is C22H32ClIN6O. The summed E-state index contributed by atoms with van der Waals surface area (Å²) in [5.41, 5.74) is 1.19. The lowest BCUT2D eigenvalue weighted by Gasteiger charge is -2.27. The number of hydrogen-bond acceptors (Lipinski definition) is 5. The predicted molar refractivity (Wildman–Crippen MR) is 139 cm³/mol. The molecule has 0 amide bonds. The predicted octanol–water partition coefficient (Wildman–Crippen LogP) is 3.41. The molecule has 0 spiro atoms. The number of methoxy groups -OCH3 is 1. The van der Waals surface area contributed by atoms with E-state index in [0.717, 1.165) is 43.6 Å². The first-order valence-electron chi connectivity index (χ1n) is 10.1. The quantitative estimate of drug-likeness (QED) is 0.309. The molecule has 2 unspecified atom stereocenters. The van der Waals surface area contributed by atoms with Crippen molar-refractivity contribution in [2.45, 2.75) is 18.5 Å². The number of nitrogens with one attached hydrogen (secondary N) is 2. The molecule has 7 nitrogen and oxygen atoms in total. The molecule has 9 heteroatoms. The smallest absolute Gasteiger partial charge is 0.191 e. The number of ether oxygens (including phenoxy) is 1. The van der Waals surface area contributed by atoms with E-state index in [1.807, 2.05) is 24.3 Å². The number of rotatable bonds is 7. The molecule has 1 aromatic carbocycles. The molecule has 2 heterocycles. The Morgan fingerprint density at radius 1 is 1.35 bits per heavy atom. The highest BCUT2D eigenvalue weighted by molar-refractivity contribution is 14.0. The highest BCUT2D eigenvalue weighted by atomic mass is 127. The standard InChI is InChI=1S/C22H31ClN6O.HI/c1-24-22(26-14-20(28(2)3)16-7-5-8-18(13-16)30-4)27-17-10-12-29(15-17)21-19(23)9-6-11-25-21;/h5-9,11,13,17,20H,10,12,14-15H2,1-4H3,(H2,24,26,27);1H. The largest absolute Gasteiger partial charge is 0.497 e. The summed E-state index contributed by atoms with van der Waals surface area (Å²) in [7, 11) is 7.64. The molecule has 170 valence electrons. The van der Waals surface area contributed by atoms with Crippen molar-refractivity contribution in [3.05, 3.63) is 53.2 Å². The van der Waals surface area contributed by atoms with E-state index in [1.165, 1.54) is 5.56 Å². The average Bonchev–Trinajstić information content (AvgIpc) is 3.21. The lowest BCUT2D eigenvalue weighted by molar-refractivity contribution is 0.297. The van der Waals surface area contributed by atoms with E-state index >= 15 is 0 Å². The topological polar surface area (TPSA) is 65.0 Å². The minimum atomic E-state index is 0. The van der Waals surface area contributed by atoms with Crippen LogP contribution in [0.15, 0.2) is 47.6 Å². The van der Waals surface area contributed by atoms with Crippen LogP contribution in [0, 0.1) is 0 Å². The Morgan fingerprint density at radius 3 is 2.84 bits per heavy atom. The normalized spacial score (nSPS) is 17.3. The van der Waals surface area contributed by atoms with E-state index in [1.54, 1.807) is 20.4 Å². The van der Waals surface area contributed by atoms with Gasteiger partial charge in [0.1, 0.15) is 11.6 Å². The SMILES string of the molecule is CN=C(NCC(c1cccc(OC)c1)N(C)C)NC1CCN(c2ncccc2Cl)C1.I. The molecule has 2 N–H and O–H groups in total. The van der Waals surface area contributed by atoms with Crippen molar-refractivity contribution in [1.82, 2.24) is 20.5 Å². The number of anilines is 1. The van der Waals surface area contributed by atoms with Gasteiger partial charge in [0.05, 0.1) is 18.2 Å². The molecule has 1 aromatic heterocycles. The van der Waals surface area contributed by atoms with Crippen LogP contribution in [0.3, 0.4) is 0 Å². The van der Waals surface area contributed by atoms with E-state index < -0.39 is 0 Å². The summed E-state index contributed by atoms with van der Waals surface area (Å²) in [4.78, 5) is 13.2. The fraction of sp³-hybridized carbons (Fsp3) is 0.455. The van der Waals surface area contributed by atoms with Gasteiger partial charge < -0.3 is 25.2 Å². The zero-order valence-corrected chi connectivity index (χ0v) is 21.6. The van der Waals surface area contributed by atoms with Crippen molar-refractivity contribution in [3.8, 4) is 5.75 Å². The zero-order chi connectivity index (χ0) is 21.5. The maximum atomic E-state index is 6.30. The van der Waals surface area contributed by atoms with E-state index in [-0.39, 0.29) is 36.1 Å². The summed E-state index contributed by atoms with van der Waals surface area (Å²) in [6.45, 7) is 2.47. The molecule has 1 aliphatic heterocycles. The first-order chi connectivity index (χ1) is 14.5. The lowest BCUT2D eigenvalue weighted by atomic mass is 10.1. The van der Waals surface area contributed by atoms with E-state index in [9.17, 15) is 0 Å². The molecule has 0 aliphatic carbocycles. The molecule has 1 aliphatic rings. The van der Waals surface area contributed by atoms with Gasteiger partial charge in [-0.05, 0) is 50.3 Å². The second-order valence-corrected chi connectivity index (χ2v) is 8.00. The summed E-state index contributed by atoms with van der Waals surface area (Å²) < 4.78 is 5.38. The van der Waals surface area contributed by atoms with Gasteiger partial charge in [-0.25, -0.2) is 4.98 Å². The molecular weight excluding hydrogens is 527 g/mol. The van der Waals surface area contributed by atoms with Crippen LogP contribution >= 0.6 is 35.6 Å². The first-order valence-corrected chi connectivity index (χ1v) is 10.5. The van der Waals surface area contributed by atoms with Crippen LogP contribution in [0.25, 0.3) is 0 Å². The number of hydrogen-bond donors (Lipinski definition) is 2. The van der Waals surface area contributed by atoms with Crippen LogP contribution in [0.1, 0.15) is 18.0 Å². The molecule has 0 saturated carbocycles. The number of pyridine rings is 1. The zero-order valence-electron chi connectivity index (χ0n) is 18.5. The van der Waals surface area contributed by atoms with Gasteiger partial charge in [-0.1, -0.05) is 23.7 Å². The Balaban J connectivity index is 0.00000341. The molecule has 0 radical (unpaired) electrons. The maximum Gasteiger partial charge on any atom is 0.191 e. The second kappa shape index (κ2) is 12.3. The Bertz CT molecular complexity index is 865. The third-order valence-electron chi connectivity index (χ3n) is 5.36. The van der Waals surface area contributed by atoms with Gasteiger partial charge >= 0.3 is 0 Å². The third-order valence-corrected chi connectivity index (χ3v) is 5.65. The fourth-order valence-corrected chi connectivity index (χ4v) is 3.95. The van der Waals surface area contributed by atoms with Crippen LogP contribution in [0.5, 0.6) is 5.75 Å². The molecule has 3 rings (SSSR count). The van der Waals surface area contributed by atoms with Gasteiger partial charge in [0.2, 0.25) is 0 Å².